The summed E-state index contributed by atoms with van der Waals surface area (Å²) in [7, 11) is 0. The van der Waals surface area contributed by atoms with E-state index in [2.05, 4.69) is 32.1 Å². The van der Waals surface area contributed by atoms with Gasteiger partial charge < -0.3 is 24.6 Å². The van der Waals surface area contributed by atoms with E-state index in [1.54, 1.807) is 12.1 Å². The van der Waals surface area contributed by atoms with Crippen molar-refractivity contribution in [3.8, 4) is 0 Å². The predicted molar refractivity (Wildman–Crippen MR) is 238 cm³/mol. The highest BCUT2D eigenvalue weighted by Gasteiger charge is 2.48. The number of nitrogens with zero attached hydrogens (tertiary/aromatic N) is 5. The topological polar surface area (TPSA) is 80.8 Å². The summed E-state index contributed by atoms with van der Waals surface area (Å²) in [6, 6.07) is 20.8. The lowest BCUT2D eigenvalue weighted by atomic mass is 9.90. The number of halogens is 6. The molecule has 0 bridgehead atoms. The van der Waals surface area contributed by atoms with Gasteiger partial charge in [-0.1, -0.05) is 81.6 Å². The molecular weight excluding hydrogens is 851 g/mol. The largest absolute Gasteiger partial charge is 0.416 e. The molecule has 0 saturated carbocycles. The molecule has 1 N–H and O–H groups in total. The molecule has 9 rings (SSSR count). The predicted octanol–water partition coefficient (Wildman–Crippen LogP) is 7.01. The molecule has 6 heterocycles. The summed E-state index contributed by atoms with van der Waals surface area (Å²) < 4.78 is 90.4. The van der Waals surface area contributed by atoms with Crippen LogP contribution in [0.2, 0.25) is 0 Å². The van der Waals surface area contributed by atoms with Gasteiger partial charge in [0.2, 0.25) is 11.8 Å². The monoisotopic (exact) mass is 917 g/mol. The molecule has 10 nitrogen and oxygen atoms in total. The quantitative estimate of drug-likeness (QED) is 0.242. The third-order valence-corrected chi connectivity index (χ3v) is 13.6. The standard InChI is InChI=1S/C27H32F3N3O2.C20H26F3N3O2.2CH4/c28-27(29,30)22-10-6-9-21(15-22)16-25(34)33-14-13-32(17-20-7-2-1-3-8-20)24-19-35-18-23(26(24)33)31-11-4-5-12-31;21-20(22,23)15-5-3-4-14(10-15)11-18(27)26-9-6-24-16-12-28-13-17(19(16)26)25-7-1-2-8-25;;/h1-3,6-10,15,23-24,26H,4-5,11-14,16-19H2;3-5,10,16-17,19,24H,1-2,6-9,11-13H2;2*1H4/t23-,24+,26+;16-,17+,19+;;/m01../s1. The molecule has 0 aliphatic carbocycles. The van der Waals surface area contributed by atoms with Crippen molar-refractivity contribution in [1.29, 1.82) is 0 Å². The summed E-state index contributed by atoms with van der Waals surface area (Å²) in [6.45, 7) is 9.58. The Morgan fingerprint density at radius 3 is 1.57 bits per heavy atom. The first-order valence-corrected chi connectivity index (χ1v) is 22.4. The Morgan fingerprint density at radius 1 is 0.554 bits per heavy atom. The maximum atomic E-state index is 13.6. The minimum Gasteiger partial charge on any atom is -0.378 e. The zero-order valence-corrected chi connectivity index (χ0v) is 35.5. The van der Waals surface area contributed by atoms with Crippen LogP contribution >= 0.6 is 0 Å². The Bertz CT molecular complexity index is 1990. The number of likely N-dealkylation sites (tertiary alicyclic amines) is 2. The number of amides is 2. The van der Waals surface area contributed by atoms with E-state index >= 15 is 0 Å². The van der Waals surface area contributed by atoms with E-state index in [-0.39, 0.29) is 75.8 Å². The van der Waals surface area contributed by atoms with Gasteiger partial charge in [-0.3, -0.25) is 24.3 Å². The number of hydrogen-bond acceptors (Lipinski definition) is 8. The van der Waals surface area contributed by atoms with Gasteiger partial charge in [0.15, 0.2) is 0 Å². The van der Waals surface area contributed by atoms with Gasteiger partial charge in [0.05, 0.1) is 86.6 Å². The van der Waals surface area contributed by atoms with E-state index in [9.17, 15) is 35.9 Å². The number of rotatable bonds is 8. The van der Waals surface area contributed by atoms with Gasteiger partial charge in [-0.15, -0.1) is 0 Å². The van der Waals surface area contributed by atoms with E-state index in [1.807, 2.05) is 28.0 Å². The first-order chi connectivity index (χ1) is 30.3. The van der Waals surface area contributed by atoms with Crippen LogP contribution < -0.4 is 5.32 Å². The van der Waals surface area contributed by atoms with Gasteiger partial charge in [-0.25, -0.2) is 0 Å². The van der Waals surface area contributed by atoms with Crippen molar-refractivity contribution in [1.82, 2.24) is 29.8 Å². The molecule has 65 heavy (non-hydrogen) atoms. The Hall–Kier alpha value is -4.06. The smallest absolute Gasteiger partial charge is 0.378 e. The number of piperazine rings is 2. The highest BCUT2D eigenvalue weighted by molar-refractivity contribution is 5.80. The van der Waals surface area contributed by atoms with Crippen molar-refractivity contribution in [2.75, 3.05) is 78.8 Å². The molecule has 3 aromatic rings. The normalized spacial score (nSPS) is 26.5. The second kappa shape index (κ2) is 22.2. The maximum absolute atomic E-state index is 13.6. The maximum Gasteiger partial charge on any atom is 0.416 e. The third-order valence-electron chi connectivity index (χ3n) is 13.6. The first kappa shape index (κ1) is 50.4. The van der Waals surface area contributed by atoms with Crippen molar-refractivity contribution in [2.24, 2.45) is 0 Å². The van der Waals surface area contributed by atoms with Gasteiger partial charge in [0, 0.05) is 32.7 Å². The van der Waals surface area contributed by atoms with Crippen molar-refractivity contribution >= 4 is 11.8 Å². The molecule has 0 spiro atoms. The van der Waals surface area contributed by atoms with Crippen molar-refractivity contribution in [2.45, 2.75) is 109 Å². The molecule has 6 saturated heterocycles. The average molecular weight is 917 g/mol. The molecule has 3 aromatic carbocycles. The van der Waals surface area contributed by atoms with E-state index < -0.39 is 23.5 Å². The number of fused-ring (bicyclic) bond motifs is 2. The number of nitrogens with one attached hydrogen (secondary N) is 1. The Balaban J connectivity index is 0.000000214. The lowest BCUT2D eigenvalue weighted by Gasteiger charge is -2.54. The third kappa shape index (κ3) is 12.1. The van der Waals surface area contributed by atoms with E-state index in [4.69, 9.17) is 9.47 Å². The molecule has 2 amide bonds. The van der Waals surface area contributed by atoms with Crippen LogP contribution in [0.15, 0.2) is 78.9 Å². The van der Waals surface area contributed by atoms with Crippen molar-refractivity contribution in [3.63, 3.8) is 0 Å². The Morgan fingerprint density at radius 2 is 1.03 bits per heavy atom. The molecule has 0 aromatic heterocycles. The highest BCUT2D eigenvalue weighted by atomic mass is 19.4. The fraction of sp³-hybridized carbons (Fsp3) is 0.592. The number of ether oxygens (including phenoxy) is 2. The van der Waals surface area contributed by atoms with Gasteiger partial charge in [0.1, 0.15) is 0 Å². The van der Waals surface area contributed by atoms with Gasteiger partial charge in [-0.05, 0) is 80.7 Å². The minimum atomic E-state index is -4.42. The summed E-state index contributed by atoms with van der Waals surface area (Å²) in [5.74, 6) is -0.216. The molecule has 6 fully saturated rings. The average Bonchev–Trinajstić information content (AvgIpc) is 4.03. The molecule has 0 radical (unpaired) electrons. The fourth-order valence-corrected chi connectivity index (χ4v) is 10.6. The number of benzene rings is 3. The van der Waals surface area contributed by atoms with Crippen LogP contribution in [0.3, 0.4) is 0 Å². The van der Waals surface area contributed by atoms with Crippen molar-refractivity contribution in [3.05, 3.63) is 107 Å². The summed E-state index contributed by atoms with van der Waals surface area (Å²) in [6.07, 6.45) is -4.28. The van der Waals surface area contributed by atoms with Crippen LogP contribution in [0.4, 0.5) is 26.3 Å². The summed E-state index contributed by atoms with van der Waals surface area (Å²) in [5, 5.41) is 3.46. The van der Waals surface area contributed by atoms with Crippen LogP contribution in [-0.4, -0.2) is 151 Å². The Labute approximate surface area is 380 Å². The lowest BCUT2D eigenvalue weighted by molar-refractivity contribution is -0.153. The van der Waals surface area contributed by atoms with Crippen LogP contribution in [0.5, 0.6) is 0 Å². The highest BCUT2D eigenvalue weighted by Crippen LogP contribution is 2.34. The van der Waals surface area contributed by atoms with Gasteiger partial charge in [0.25, 0.3) is 0 Å². The second-order valence-corrected chi connectivity index (χ2v) is 17.7. The first-order valence-electron chi connectivity index (χ1n) is 22.4. The van der Waals surface area contributed by atoms with Gasteiger partial charge >= 0.3 is 12.4 Å². The molecule has 0 unspecified atom stereocenters. The Kier molecular flexibility index (Phi) is 17.2. The fourth-order valence-electron chi connectivity index (χ4n) is 10.6. The number of carbonyl (C=O) groups excluding carboxylic acids is 2. The van der Waals surface area contributed by atoms with Crippen LogP contribution in [0.1, 0.15) is 68.4 Å². The summed E-state index contributed by atoms with van der Waals surface area (Å²) in [5.41, 5.74) is 0.599. The number of carbonyl (C=O) groups is 2. The van der Waals surface area contributed by atoms with E-state index in [1.165, 1.54) is 17.7 Å². The van der Waals surface area contributed by atoms with Crippen LogP contribution in [0.25, 0.3) is 0 Å². The van der Waals surface area contributed by atoms with E-state index in [0.717, 1.165) is 82.7 Å². The summed E-state index contributed by atoms with van der Waals surface area (Å²) in [4.78, 5) is 37.7. The van der Waals surface area contributed by atoms with E-state index in [0.29, 0.717) is 63.7 Å². The van der Waals surface area contributed by atoms with Crippen LogP contribution in [0, 0.1) is 0 Å². The molecule has 6 atom stereocenters. The summed E-state index contributed by atoms with van der Waals surface area (Å²) >= 11 is 0. The molecule has 6 aliphatic heterocycles. The molecular formula is C49H66F6N6O4. The molecule has 6 aliphatic rings. The van der Waals surface area contributed by atoms with Crippen molar-refractivity contribution < 1.29 is 45.4 Å². The SMILES string of the molecule is C.C.O=C(Cc1cccc(C(F)(F)F)c1)N1CCN(Cc2ccccc2)[C@@H]2COC[C@H](N3CCCC3)[C@H]21.O=C(Cc1cccc(C(F)(F)F)c1)N1CCN[C@@H]2COC[C@H](N3CCCC3)[C@H]21. The molecule has 358 valence electrons. The number of hydrogen-bond donors (Lipinski definition) is 1. The zero-order chi connectivity index (χ0) is 44.1. The van der Waals surface area contributed by atoms with Gasteiger partial charge in [-0.2, -0.15) is 26.3 Å². The minimum absolute atomic E-state index is 0. The lowest BCUT2D eigenvalue weighted by Crippen LogP contribution is -2.71. The molecule has 16 heteroatoms. The van der Waals surface area contributed by atoms with Crippen LogP contribution in [-0.2, 0) is 50.8 Å². The second-order valence-electron chi connectivity index (χ2n) is 17.7. The number of alkyl halides is 6. The zero-order valence-electron chi connectivity index (χ0n) is 35.5.